The van der Waals surface area contributed by atoms with Crippen LogP contribution in [0.25, 0.3) is 0 Å². The number of nitrogens with zero attached hydrogens (tertiary/aromatic N) is 24. The van der Waals surface area contributed by atoms with Crippen LogP contribution in [0.3, 0.4) is 0 Å². The second-order valence-corrected chi connectivity index (χ2v) is 29.6. The van der Waals surface area contributed by atoms with Crippen LogP contribution in [0.5, 0.6) is 0 Å². The van der Waals surface area contributed by atoms with E-state index in [1.807, 2.05) is 0 Å². The number of fused-ring (bicyclic) bond motifs is 16. The van der Waals surface area contributed by atoms with Gasteiger partial charge in [0, 0.05) is 188 Å². The molecule has 0 unspecified atom stereocenters. The Morgan fingerprint density at radius 3 is 0.653 bits per heavy atom. The van der Waals surface area contributed by atoms with Gasteiger partial charge in [0.2, 0.25) is 0 Å². The molecule has 0 saturated heterocycles. The fraction of sp³-hybridized carbons (Fsp3) is 0.154. The number of carbonyl (C=O) groups excluding carboxylic acids is 8. The molecule has 8 aliphatic heterocycles. The van der Waals surface area contributed by atoms with E-state index in [-0.39, 0.29) is 307 Å². The third-order valence-corrected chi connectivity index (χ3v) is 20.9. The molecule has 40 heteroatoms. The van der Waals surface area contributed by atoms with E-state index in [0.717, 1.165) is 67.9 Å². The predicted molar refractivity (Wildman–Crippen MR) is 554 cm³/mol. The van der Waals surface area contributed by atoms with Gasteiger partial charge in [0.15, 0.2) is 52.2 Å². The van der Waals surface area contributed by atoms with Crippen LogP contribution in [0.4, 0.5) is 139 Å². The Hall–Kier alpha value is -19.4. The van der Waals surface area contributed by atoms with E-state index >= 15 is 0 Å². The summed E-state index contributed by atoms with van der Waals surface area (Å²) in [6.07, 6.45) is 11.8. The zero-order valence-electron chi connectivity index (χ0n) is 127. The molecule has 0 aliphatic carbocycles. The SMILES string of the molecule is [2H]c1cc(C([2H])([2H])[2H])c2c(n1)N(C)c1ncc([2H])c([2H])c1C(=O)N2.[2H]c1cc(C([2H])([2H])[2H])c2c(n1)N(C)c1ncc([2H])c([2H])c1C(=O)N2[2H].[2H]c1cnc2c(c1[2H])C(=O)N([2H])c1c(C([2H])([2H])[2H])ccnc1N2C.[2H]c1cnc2c(c1[2H])C(=O)N([2H])c1c(nc([2H])c([2H])c1C([2H])([2H])[2H])N2C.[2H]c1cnc2c(c1[2H])C(=O)N([2H])c1c(ncc([2H])c1C([2H])([2H])[2H])N2C.[2H]c1cnc2c(c1[2H])C(=O)Nc1c(C([2H])([2H])[2H])ccnc1N2C.[2H]c1cnc2c(c1[2H])C(=O)Nc1c(nc([2H])c([2H])c1C([2H])([2H])[2H])N2C.[2H]c1cnc2c(c1[2H])C(=O)Nc1c(ncc([2H])c1C([2H])([2H])[2H])N2C. The van der Waals surface area contributed by atoms with Gasteiger partial charge in [0.25, 0.3) is 47.3 Å². The smallest absolute Gasteiger partial charge is 0.259 e. The van der Waals surface area contributed by atoms with E-state index < -0.39 is 173 Å². The third kappa shape index (κ3) is 19.0. The van der Waals surface area contributed by atoms with Crippen molar-refractivity contribution in [3.8, 4) is 0 Å². The van der Waals surface area contributed by atoms with Gasteiger partial charge in [0.1, 0.15) is 46.5 Å². The predicted octanol–water partition coefficient (Wildman–Crippen LogP) is 16.9. The minimum Gasteiger partial charge on any atom is -0.318 e. The molecule has 144 heavy (non-hydrogen) atoms. The zero-order chi connectivity index (χ0) is 146. The van der Waals surface area contributed by atoms with E-state index in [1.54, 1.807) is 7.05 Å². The fourth-order valence-corrected chi connectivity index (χ4v) is 14.0. The lowest BCUT2D eigenvalue weighted by molar-refractivity contribution is 0.101. The number of anilines is 24. The highest BCUT2D eigenvalue weighted by molar-refractivity contribution is 6.18. The molecule has 0 radical (unpaired) electrons. The Balaban J connectivity index is 0.000000146. The maximum atomic E-state index is 12.7. The maximum Gasteiger partial charge on any atom is 0.259 e. The summed E-state index contributed by atoms with van der Waals surface area (Å²) in [5.74, 6) is -6.77. The normalized spacial score (nSPS) is 19.6. The highest BCUT2D eigenvalue weighted by atomic mass is 16.2. The van der Waals surface area contributed by atoms with E-state index in [0.29, 0.717) is 15.9 Å². The highest BCUT2D eigenvalue weighted by Crippen LogP contribution is 2.44. The van der Waals surface area contributed by atoms with Crippen LogP contribution >= 0.6 is 0 Å². The van der Waals surface area contributed by atoms with Crippen LogP contribution in [0, 0.1) is 54.8 Å². The van der Waals surface area contributed by atoms with Gasteiger partial charge >= 0.3 is 0 Å². The number of pyridine rings is 16. The Morgan fingerprint density at radius 1 is 0.194 bits per heavy atom. The van der Waals surface area contributed by atoms with Gasteiger partial charge in [-0.2, -0.15) is 0 Å². The van der Waals surface area contributed by atoms with E-state index in [1.165, 1.54) is 119 Å². The van der Waals surface area contributed by atoms with Gasteiger partial charge in [-0.25, -0.2) is 79.7 Å². The summed E-state index contributed by atoms with van der Waals surface area (Å²) >= 11 is 0. The molecule has 40 nitrogen and oxygen atoms in total. The number of hydrogen-bond donors (Lipinski definition) is 8. The number of hydrogen-bond acceptors (Lipinski definition) is 32. The van der Waals surface area contributed by atoms with Crippen molar-refractivity contribution in [1.29, 1.82) is 0 Å². The first-order chi connectivity index (χ1) is 90.7. The third-order valence-electron chi connectivity index (χ3n) is 20.9. The van der Waals surface area contributed by atoms with Crippen molar-refractivity contribution in [2.75, 3.05) is 138 Å². The van der Waals surface area contributed by atoms with Crippen LogP contribution in [-0.4, -0.2) is 183 Å². The summed E-state index contributed by atoms with van der Waals surface area (Å²) in [4.78, 5) is 175. The zero-order valence-corrected chi connectivity index (χ0v) is 75.0. The topological polar surface area (TPSA) is 465 Å². The van der Waals surface area contributed by atoms with Gasteiger partial charge in [-0.05, 0) is 244 Å². The van der Waals surface area contributed by atoms with Crippen LogP contribution < -0.4 is 81.7 Å². The molecule has 0 saturated carbocycles. The Bertz CT molecular complexity index is 10500. The average Bonchev–Trinajstić information content (AvgIpc) is 1.57. The van der Waals surface area contributed by atoms with Crippen LogP contribution in [0.15, 0.2) is 244 Å². The Morgan fingerprint density at radius 2 is 0.375 bits per heavy atom. The number of nitrogens with one attached hydrogen (secondary N) is 8. The van der Waals surface area contributed by atoms with Crippen LogP contribution in [0.2, 0.25) is 5.65 Å². The molecule has 16 aromatic heterocycles. The van der Waals surface area contributed by atoms with E-state index in [9.17, 15) is 38.4 Å². The minimum atomic E-state index is -2.88. The summed E-state index contributed by atoms with van der Waals surface area (Å²) < 4.78 is 403. The number of carbonyl (C=O) groups is 8. The summed E-state index contributed by atoms with van der Waals surface area (Å²) in [7, 11) is 11.8. The average molecular weight is 1970 g/mol. The van der Waals surface area contributed by atoms with Gasteiger partial charge in [-0.15, -0.1) is 0 Å². The lowest BCUT2D eigenvalue weighted by atomic mass is 10.2. The Labute approximate surface area is 900 Å². The molecule has 8 N–H and O–H groups in total. The Kier molecular flexibility index (Phi) is 14.6. The summed E-state index contributed by atoms with van der Waals surface area (Å²) in [6, 6.07) is -2.57. The van der Waals surface area contributed by atoms with Gasteiger partial charge in [0.05, 0.1) is 123 Å². The van der Waals surface area contributed by atoms with Gasteiger partial charge in [-0.3, -0.25) is 38.4 Å². The maximum absolute atomic E-state index is 12.7. The van der Waals surface area contributed by atoms with E-state index in [2.05, 4.69) is 101 Å². The highest BCUT2D eigenvalue weighted by Gasteiger charge is 2.35. The molecular formula is C104H96N32O8. The monoisotopic (exact) mass is 1970 g/mol. The molecule has 0 spiro atoms. The lowest BCUT2D eigenvalue weighted by Gasteiger charge is -2.18. The second kappa shape index (κ2) is 41.1. The first-order valence-corrected chi connectivity index (χ1v) is 40.9. The molecule has 720 valence electrons. The molecule has 24 heterocycles. The van der Waals surface area contributed by atoms with Crippen LogP contribution in [-0.2, 0) is 0 Å². The van der Waals surface area contributed by atoms with Crippen molar-refractivity contribution in [3.63, 3.8) is 0 Å². The molecule has 8 aliphatic rings. The number of amides is 8. The van der Waals surface area contributed by atoms with Crippen molar-refractivity contribution in [1.82, 2.24) is 79.7 Å². The van der Waals surface area contributed by atoms with Crippen molar-refractivity contribution in [2.45, 2.75) is 54.8 Å². The first-order valence-electron chi connectivity index (χ1n) is 66.7. The van der Waals surface area contributed by atoms with Crippen molar-refractivity contribution in [2.24, 2.45) is 0 Å². The molecule has 0 bridgehead atoms. The molecule has 0 fully saturated rings. The number of rotatable bonds is 0. The molecule has 16 aromatic rings. The van der Waals surface area contributed by atoms with Crippen LogP contribution in [0.1, 0.15) is 193 Å². The molecular weight excluding hydrogens is 1830 g/mol. The lowest BCUT2D eigenvalue weighted by Crippen LogP contribution is -2.14. The molecule has 8 amide bonds. The van der Waals surface area contributed by atoms with Crippen molar-refractivity contribution >= 4 is 186 Å². The minimum absolute atomic E-state index is 0.0104. The first kappa shape index (κ1) is 51.3. The fourth-order valence-electron chi connectivity index (χ4n) is 14.0. The van der Waals surface area contributed by atoms with Gasteiger partial charge in [-0.1, -0.05) is 0 Å². The summed E-state index contributed by atoms with van der Waals surface area (Å²) in [5.41, 5.74) is -6.26. The molecule has 0 atom stereocenters. The van der Waals surface area contributed by atoms with Gasteiger partial charge < -0.3 is 81.7 Å². The number of aromatic nitrogens is 16. The van der Waals surface area contributed by atoms with E-state index in [4.69, 9.17) is 71.4 Å². The second-order valence-electron chi connectivity index (χ2n) is 29.6. The summed E-state index contributed by atoms with van der Waals surface area (Å²) in [5, 5.41) is 11.0. The molecule has 24 rings (SSSR count). The molecule has 0 aromatic carbocycles. The number of aryl methyl sites for hydroxylation is 4. The largest absolute Gasteiger partial charge is 0.318 e. The van der Waals surface area contributed by atoms with Crippen molar-refractivity contribution in [3.05, 3.63) is 333 Å². The quantitative estimate of drug-likeness (QED) is 0.0699. The summed E-state index contributed by atoms with van der Waals surface area (Å²) in [6.45, 7) is -21.3. The standard InChI is InChI=1S/8C13H12N4O/c8*1-8-5-7-15-12-10(8)16-13(18)9-4-3-6-14-11(9)17(12)2/h8*3-7H,1-2H3,(H,16,18)/i2*1D3,3D,4D,5D,7D;2*1D3,3D,4D,7D;2*1D3,3D,4D,5D;2*1D3,3D,4D/hD4. The van der Waals surface area contributed by atoms with Crippen molar-refractivity contribution < 1.29 is 110 Å².